The van der Waals surface area contributed by atoms with Crippen LogP contribution in [0.25, 0.3) is 0 Å². The average Bonchev–Trinajstić information content (AvgIpc) is 2.60. The van der Waals surface area contributed by atoms with Crippen molar-refractivity contribution in [2.45, 2.75) is 13.0 Å². The van der Waals surface area contributed by atoms with Gasteiger partial charge in [0.25, 0.3) is 5.91 Å². The predicted molar refractivity (Wildman–Crippen MR) is 96.3 cm³/mol. The van der Waals surface area contributed by atoms with Crippen LogP contribution < -0.4 is 15.1 Å². The van der Waals surface area contributed by atoms with Gasteiger partial charge in [-0.15, -0.1) is 0 Å². The molecule has 1 fully saturated rings. The number of carbonyl (C=O) groups excluding carboxylic acids is 1. The fraction of sp³-hybridized carbons (Fsp3) is 0.350. The summed E-state index contributed by atoms with van der Waals surface area (Å²) in [6.45, 7) is 6.31. The quantitative estimate of drug-likeness (QED) is 0.732. The maximum atomic E-state index is 13.0. The minimum absolute atomic E-state index is 0.0830. The standard InChI is InChI=1S/C20H25N3O/c1-16-8-10-18(11-9-16)21-20(24)19(17-6-4-3-5-7-17)23-14-12-22(2)13-15-23/h3-11,19H,12-15H2,1-2H3,(H,21,24)/p+2/t19-/m1/s1. The van der Waals surface area contributed by atoms with Gasteiger partial charge in [0.1, 0.15) is 26.2 Å². The molecule has 2 aromatic carbocycles. The number of quaternary nitrogens is 2. The summed E-state index contributed by atoms with van der Waals surface area (Å²) in [6.07, 6.45) is 0. The van der Waals surface area contributed by atoms with Gasteiger partial charge in [0.15, 0.2) is 6.04 Å². The molecule has 0 saturated carbocycles. The first-order chi connectivity index (χ1) is 11.6. The molecule has 1 saturated heterocycles. The van der Waals surface area contributed by atoms with E-state index in [1.165, 1.54) is 10.5 Å². The average molecular weight is 325 g/mol. The summed E-state index contributed by atoms with van der Waals surface area (Å²) >= 11 is 0. The van der Waals surface area contributed by atoms with E-state index >= 15 is 0 Å². The number of rotatable bonds is 4. The SMILES string of the molecule is Cc1ccc(NC(=O)[C@@H](c2ccccc2)[NH+]2CC[NH+](C)CC2)cc1. The molecule has 3 rings (SSSR count). The van der Waals surface area contributed by atoms with Crippen molar-refractivity contribution in [1.82, 2.24) is 0 Å². The first kappa shape index (κ1) is 16.7. The molecule has 1 aliphatic heterocycles. The second-order valence-electron chi connectivity index (χ2n) is 6.81. The van der Waals surface area contributed by atoms with Crippen molar-refractivity contribution < 1.29 is 14.6 Å². The van der Waals surface area contributed by atoms with Crippen molar-refractivity contribution in [3.05, 3.63) is 65.7 Å². The number of amides is 1. The topological polar surface area (TPSA) is 38.0 Å². The number of likely N-dealkylation sites (N-methyl/N-ethyl adjacent to an activating group) is 1. The van der Waals surface area contributed by atoms with Gasteiger partial charge in [-0.1, -0.05) is 48.0 Å². The fourth-order valence-electron chi connectivity index (χ4n) is 3.36. The maximum Gasteiger partial charge on any atom is 0.287 e. The molecule has 4 nitrogen and oxygen atoms in total. The molecule has 0 aliphatic carbocycles. The minimum Gasteiger partial charge on any atom is -0.328 e. The Labute approximate surface area is 144 Å². The van der Waals surface area contributed by atoms with Crippen LogP contribution in [0.2, 0.25) is 0 Å². The Kier molecular flexibility index (Phi) is 5.28. The molecule has 0 unspecified atom stereocenters. The first-order valence-corrected chi connectivity index (χ1v) is 8.72. The molecule has 126 valence electrons. The molecule has 4 heteroatoms. The van der Waals surface area contributed by atoms with Crippen LogP contribution in [0, 0.1) is 6.92 Å². The van der Waals surface area contributed by atoms with E-state index in [1.54, 1.807) is 4.90 Å². The number of carbonyl (C=O) groups is 1. The molecule has 0 aromatic heterocycles. The highest BCUT2D eigenvalue weighted by molar-refractivity contribution is 5.94. The highest BCUT2D eigenvalue weighted by Crippen LogP contribution is 2.14. The summed E-state index contributed by atoms with van der Waals surface area (Å²) in [6, 6.07) is 18.0. The van der Waals surface area contributed by atoms with Crippen molar-refractivity contribution in [3.63, 3.8) is 0 Å². The molecule has 1 aliphatic rings. The van der Waals surface area contributed by atoms with E-state index in [1.807, 2.05) is 42.5 Å². The molecule has 1 atom stereocenters. The van der Waals surface area contributed by atoms with Crippen LogP contribution in [0.1, 0.15) is 17.2 Å². The maximum absolute atomic E-state index is 13.0. The Bertz CT molecular complexity index is 661. The number of aryl methyl sites for hydroxylation is 1. The third-order valence-corrected chi connectivity index (χ3v) is 4.87. The molecule has 0 spiro atoms. The van der Waals surface area contributed by atoms with E-state index in [2.05, 4.69) is 31.4 Å². The van der Waals surface area contributed by atoms with E-state index in [-0.39, 0.29) is 11.9 Å². The van der Waals surface area contributed by atoms with Gasteiger partial charge in [0.2, 0.25) is 0 Å². The monoisotopic (exact) mass is 325 g/mol. The molecule has 1 heterocycles. The number of hydrogen-bond acceptors (Lipinski definition) is 1. The van der Waals surface area contributed by atoms with E-state index in [4.69, 9.17) is 0 Å². The van der Waals surface area contributed by atoms with Gasteiger partial charge < -0.3 is 15.1 Å². The highest BCUT2D eigenvalue weighted by atomic mass is 16.2. The Morgan fingerprint density at radius 2 is 1.58 bits per heavy atom. The van der Waals surface area contributed by atoms with Crippen molar-refractivity contribution in [2.24, 2.45) is 0 Å². The first-order valence-electron chi connectivity index (χ1n) is 8.72. The van der Waals surface area contributed by atoms with Gasteiger partial charge in [0.05, 0.1) is 7.05 Å². The van der Waals surface area contributed by atoms with Crippen LogP contribution in [0.4, 0.5) is 5.69 Å². The van der Waals surface area contributed by atoms with Crippen molar-refractivity contribution >= 4 is 11.6 Å². The summed E-state index contributed by atoms with van der Waals surface area (Å²) in [5.74, 6) is 0.0830. The van der Waals surface area contributed by atoms with E-state index in [0.29, 0.717) is 0 Å². The Hall–Kier alpha value is -2.17. The number of hydrogen-bond donors (Lipinski definition) is 3. The van der Waals surface area contributed by atoms with Crippen LogP contribution in [-0.4, -0.2) is 39.1 Å². The van der Waals surface area contributed by atoms with Gasteiger partial charge in [-0.05, 0) is 19.1 Å². The zero-order valence-corrected chi connectivity index (χ0v) is 14.5. The van der Waals surface area contributed by atoms with Crippen LogP contribution in [-0.2, 0) is 4.79 Å². The third-order valence-electron chi connectivity index (χ3n) is 4.87. The summed E-state index contributed by atoms with van der Waals surface area (Å²) in [7, 11) is 2.22. The molecule has 0 bridgehead atoms. The van der Waals surface area contributed by atoms with Crippen molar-refractivity contribution in [2.75, 3.05) is 38.5 Å². The summed E-state index contributed by atoms with van der Waals surface area (Å²) in [4.78, 5) is 15.9. The molecule has 0 radical (unpaired) electrons. The van der Waals surface area contributed by atoms with Crippen molar-refractivity contribution in [3.8, 4) is 0 Å². The van der Waals surface area contributed by atoms with E-state index < -0.39 is 0 Å². The smallest absolute Gasteiger partial charge is 0.287 e. The van der Waals surface area contributed by atoms with Gasteiger partial charge in [0, 0.05) is 11.3 Å². The second kappa shape index (κ2) is 7.60. The Balaban J connectivity index is 1.81. The van der Waals surface area contributed by atoms with Crippen LogP contribution in [0.15, 0.2) is 54.6 Å². The van der Waals surface area contributed by atoms with Crippen LogP contribution in [0.5, 0.6) is 0 Å². The third kappa shape index (κ3) is 4.02. The lowest BCUT2D eigenvalue weighted by atomic mass is 10.0. The van der Waals surface area contributed by atoms with Gasteiger partial charge in [-0.2, -0.15) is 0 Å². The highest BCUT2D eigenvalue weighted by Gasteiger charge is 2.34. The van der Waals surface area contributed by atoms with Crippen molar-refractivity contribution in [1.29, 1.82) is 0 Å². The summed E-state index contributed by atoms with van der Waals surface area (Å²) in [5.41, 5.74) is 3.16. The van der Waals surface area contributed by atoms with Gasteiger partial charge in [-0.3, -0.25) is 4.79 Å². The zero-order chi connectivity index (χ0) is 16.9. The zero-order valence-electron chi connectivity index (χ0n) is 14.5. The lowest BCUT2D eigenvalue weighted by Crippen LogP contribution is -3.27. The van der Waals surface area contributed by atoms with E-state index in [0.717, 1.165) is 37.4 Å². The number of nitrogens with one attached hydrogen (secondary N) is 3. The Morgan fingerprint density at radius 1 is 0.958 bits per heavy atom. The number of piperazine rings is 1. The molecular formula is C20H27N3O+2. The van der Waals surface area contributed by atoms with Crippen LogP contribution >= 0.6 is 0 Å². The number of anilines is 1. The molecule has 3 N–H and O–H groups in total. The Morgan fingerprint density at radius 3 is 2.21 bits per heavy atom. The number of benzene rings is 2. The predicted octanol–water partition coefficient (Wildman–Crippen LogP) is 0.0880. The van der Waals surface area contributed by atoms with E-state index in [9.17, 15) is 4.79 Å². The molecule has 1 amide bonds. The lowest BCUT2D eigenvalue weighted by Gasteiger charge is -2.32. The molecular weight excluding hydrogens is 298 g/mol. The minimum atomic E-state index is -0.152. The summed E-state index contributed by atoms with van der Waals surface area (Å²) < 4.78 is 0. The summed E-state index contributed by atoms with van der Waals surface area (Å²) in [5, 5.41) is 3.11. The van der Waals surface area contributed by atoms with Crippen LogP contribution in [0.3, 0.4) is 0 Å². The largest absolute Gasteiger partial charge is 0.328 e. The second-order valence-corrected chi connectivity index (χ2v) is 6.81. The lowest BCUT2D eigenvalue weighted by molar-refractivity contribution is -1.01. The fourth-order valence-corrected chi connectivity index (χ4v) is 3.36. The van der Waals surface area contributed by atoms with Gasteiger partial charge >= 0.3 is 0 Å². The molecule has 24 heavy (non-hydrogen) atoms. The van der Waals surface area contributed by atoms with Gasteiger partial charge in [-0.25, -0.2) is 0 Å². The normalized spacial score (nSPS) is 21.9. The molecule has 2 aromatic rings.